The fourth-order valence-corrected chi connectivity index (χ4v) is 5.38. The SMILES string of the molecule is C[C@@H]1CC[C@@H](NCc2ccc3c(c2)CN(C2CCC(=O)NC2=O)C3=O)CN1Cc1ccccc1. The Morgan fingerprint density at radius 2 is 1.82 bits per heavy atom. The van der Waals surface area contributed by atoms with Gasteiger partial charge in [-0.05, 0) is 48.9 Å². The molecule has 0 aliphatic carbocycles. The van der Waals surface area contributed by atoms with Crippen molar-refractivity contribution in [2.45, 2.75) is 70.4 Å². The van der Waals surface area contributed by atoms with E-state index in [0.29, 0.717) is 30.6 Å². The lowest BCUT2D eigenvalue weighted by molar-refractivity contribution is -0.136. The van der Waals surface area contributed by atoms with Crippen LogP contribution in [0, 0.1) is 0 Å². The molecule has 2 saturated heterocycles. The minimum Gasteiger partial charge on any atom is -0.322 e. The Hall–Kier alpha value is -3.03. The van der Waals surface area contributed by atoms with Gasteiger partial charge in [0.15, 0.2) is 0 Å². The van der Waals surface area contributed by atoms with Gasteiger partial charge in [0.1, 0.15) is 6.04 Å². The summed E-state index contributed by atoms with van der Waals surface area (Å²) in [6, 6.07) is 17.0. The number of benzene rings is 2. The number of carbonyl (C=O) groups excluding carboxylic acids is 3. The van der Waals surface area contributed by atoms with Crippen LogP contribution in [0.5, 0.6) is 0 Å². The highest BCUT2D eigenvalue weighted by atomic mass is 16.2. The van der Waals surface area contributed by atoms with Crippen molar-refractivity contribution in [1.29, 1.82) is 0 Å². The van der Waals surface area contributed by atoms with E-state index in [1.807, 2.05) is 12.1 Å². The van der Waals surface area contributed by atoms with Crippen LogP contribution < -0.4 is 10.6 Å². The number of imide groups is 1. The number of hydrogen-bond acceptors (Lipinski definition) is 5. The standard InChI is InChI=1S/C27H32N4O3/c1-18-7-9-22(17-30(18)15-19-5-3-2-4-6-19)28-14-20-8-10-23-21(13-20)16-31(27(23)34)24-11-12-25(32)29-26(24)33/h2-6,8,10,13,18,22,24,28H,7,9,11-12,14-17H2,1H3,(H,29,32,33)/t18-,22-,24?/m1/s1. The zero-order valence-electron chi connectivity index (χ0n) is 19.6. The molecule has 1 unspecified atom stereocenters. The molecule has 34 heavy (non-hydrogen) atoms. The molecule has 2 fully saturated rings. The summed E-state index contributed by atoms with van der Waals surface area (Å²) < 4.78 is 0. The van der Waals surface area contributed by atoms with Gasteiger partial charge < -0.3 is 10.2 Å². The summed E-state index contributed by atoms with van der Waals surface area (Å²) in [5.41, 5.74) is 4.11. The summed E-state index contributed by atoms with van der Waals surface area (Å²) in [4.78, 5) is 40.8. The van der Waals surface area contributed by atoms with Crippen LogP contribution >= 0.6 is 0 Å². The molecule has 2 aromatic carbocycles. The molecule has 0 saturated carbocycles. The second-order valence-electron chi connectivity index (χ2n) is 9.81. The first-order chi connectivity index (χ1) is 16.5. The molecule has 7 heteroatoms. The molecular formula is C27H32N4O3. The van der Waals surface area contributed by atoms with E-state index in [4.69, 9.17) is 0 Å². The van der Waals surface area contributed by atoms with Crippen molar-refractivity contribution in [3.8, 4) is 0 Å². The maximum absolute atomic E-state index is 12.9. The number of piperidine rings is 2. The summed E-state index contributed by atoms with van der Waals surface area (Å²) in [7, 11) is 0. The first-order valence-electron chi connectivity index (χ1n) is 12.3. The number of carbonyl (C=O) groups is 3. The predicted octanol–water partition coefficient (Wildman–Crippen LogP) is 2.59. The quantitative estimate of drug-likeness (QED) is 0.648. The van der Waals surface area contributed by atoms with Gasteiger partial charge in [0.25, 0.3) is 5.91 Å². The first kappa shape index (κ1) is 22.7. The van der Waals surface area contributed by atoms with Gasteiger partial charge in [-0.25, -0.2) is 0 Å². The molecule has 3 aliphatic heterocycles. The van der Waals surface area contributed by atoms with E-state index in [1.165, 1.54) is 12.0 Å². The highest BCUT2D eigenvalue weighted by molar-refractivity contribution is 6.05. The Morgan fingerprint density at radius 3 is 2.62 bits per heavy atom. The lowest BCUT2D eigenvalue weighted by Crippen LogP contribution is -2.52. The molecule has 0 bridgehead atoms. The van der Waals surface area contributed by atoms with Crippen molar-refractivity contribution in [2.24, 2.45) is 0 Å². The van der Waals surface area contributed by atoms with Gasteiger partial charge in [0, 0.05) is 50.2 Å². The largest absolute Gasteiger partial charge is 0.322 e. The minimum absolute atomic E-state index is 0.123. The van der Waals surface area contributed by atoms with E-state index < -0.39 is 6.04 Å². The average molecular weight is 461 g/mol. The lowest BCUT2D eigenvalue weighted by atomic mass is 9.98. The molecule has 3 atom stereocenters. The molecule has 178 valence electrons. The molecule has 2 aromatic rings. The predicted molar refractivity (Wildman–Crippen MR) is 129 cm³/mol. The zero-order valence-corrected chi connectivity index (χ0v) is 19.6. The summed E-state index contributed by atoms with van der Waals surface area (Å²) in [5.74, 6) is -0.758. The van der Waals surface area contributed by atoms with Gasteiger partial charge in [-0.3, -0.25) is 24.6 Å². The maximum atomic E-state index is 12.9. The van der Waals surface area contributed by atoms with Crippen molar-refractivity contribution in [3.63, 3.8) is 0 Å². The molecule has 3 heterocycles. The summed E-state index contributed by atoms with van der Waals surface area (Å²) in [6.45, 7) is 5.46. The fourth-order valence-electron chi connectivity index (χ4n) is 5.38. The van der Waals surface area contributed by atoms with Crippen molar-refractivity contribution in [3.05, 3.63) is 70.8 Å². The molecule has 0 spiro atoms. The van der Waals surface area contributed by atoms with Crippen LogP contribution in [0.15, 0.2) is 48.5 Å². The number of fused-ring (bicyclic) bond motifs is 1. The van der Waals surface area contributed by atoms with Crippen LogP contribution in [0.1, 0.15) is 59.7 Å². The minimum atomic E-state index is -0.570. The van der Waals surface area contributed by atoms with Crippen molar-refractivity contribution in [2.75, 3.05) is 6.54 Å². The third-order valence-electron chi connectivity index (χ3n) is 7.42. The van der Waals surface area contributed by atoms with Crippen molar-refractivity contribution >= 4 is 17.7 Å². The van der Waals surface area contributed by atoms with Gasteiger partial charge in [-0.1, -0.05) is 42.5 Å². The van der Waals surface area contributed by atoms with Crippen LogP contribution in [-0.2, 0) is 29.2 Å². The fraction of sp³-hybridized carbons (Fsp3) is 0.444. The van der Waals surface area contributed by atoms with Crippen molar-refractivity contribution in [1.82, 2.24) is 20.4 Å². The smallest absolute Gasteiger partial charge is 0.255 e. The van der Waals surface area contributed by atoms with Gasteiger partial charge in [0.2, 0.25) is 11.8 Å². The Labute approximate surface area is 200 Å². The molecule has 0 radical (unpaired) electrons. The normalized spacial score (nSPS) is 25.4. The first-order valence-corrected chi connectivity index (χ1v) is 12.3. The monoisotopic (exact) mass is 460 g/mol. The average Bonchev–Trinajstić information content (AvgIpc) is 3.15. The van der Waals surface area contributed by atoms with Crippen LogP contribution in [0.25, 0.3) is 0 Å². The summed E-state index contributed by atoms with van der Waals surface area (Å²) >= 11 is 0. The van der Waals surface area contributed by atoms with Gasteiger partial charge >= 0.3 is 0 Å². The third kappa shape index (κ3) is 4.76. The Kier molecular flexibility index (Phi) is 6.48. The molecule has 2 N–H and O–H groups in total. The molecule has 3 aliphatic rings. The second kappa shape index (κ2) is 9.68. The molecule has 5 rings (SSSR count). The van der Waals surface area contributed by atoms with E-state index in [9.17, 15) is 14.4 Å². The van der Waals surface area contributed by atoms with Crippen molar-refractivity contribution < 1.29 is 14.4 Å². The number of rotatable bonds is 6. The molecule has 7 nitrogen and oxygen atoms in total. The number of nitrogens with one attached hydrogen (secondary N) is 2. The molecule has 3 amide bonds. The Balaban J connectivity index is 1.19. The van der Waals surface area contributed by atoms with E-state index >= 15 is 0 Å². The second-order valence-corrected chi connectivity index (χ2v) is 9.81. The van der Waals surface area contributed by atoms with Crippen LogP contribution in [-0.4, -0.2) is 52.2 Å². The number of likely N-dealkylation sites (tertiary alicyclic amines) is 1. The number of hydrogen-bond donors (Lipinski definition) is 2. The van der Waals surface area contributed by atoms with Gasteiger partial charge in [-0.15, -0.1) is 0 Å². The van der Waals surface area contributed by atoms with Crippen LogP contribution in [0.3, 0.4) is 0 Å². The van der Waals surface area contributed by atoms with Crippen LogP contribution in [0.2, 0.25) is 0 Å². The Bertz CT molecular complexity index is 1090. The summed E-state index contributed by atoms with van der Waals surface area (Å²) in [5, 5.41) is 6.08. The third-order valence-corrected chi connectivity index (χ3v) is 7.42. The van der Waals surface area contributed by atoms with E-state index in [0.717, 1.165) is 37.2 Å². The Morgan fingerprint density at radius 1 is 1.00 bits per heavy atom. The molecular weight excluding hydrogens is 428 g/mol. The van der Waals surface area contributed by atoms with E-state index in [1.54, 1.807) is 4.90 Å². The topological polar surface area (TPSA) is 81.8 Å². The van der Waals surface area contributed by atoms with Gasteiger partial charge in [-0.2, -0.15) is 0 Å². The van der Waals surface area contributed by atoms with E-state index in [2.05, 4.69) is 58.9 Å². The lowest BCUT2D eigenvalue weighted by Gasteiger charge is -2.38. The van der Waals surface area contributed by atoms with E-state index in [-0.39, 0.29) is 24.1 Å². The maximum Gasteiger partial charge on any atom is 0.255 e. The summed E-state index contributed by atoms with van der Waals surface area (Å²) in [6.07, 6.45) is 2.98. The molecule has 0 aromatic heterocycles. The number of nitrogens with zero attached hydrogens (tertiary/aromatic N) is 2. The van der Waals surface area contributed by atoms with Gasteiger partial charge in [0.05, 0.1) is 0 Å². The zero-order chi connectivity index (χ0) is 23.7. The highest BCUT2D eigenvalue weighted by Gasteiger charge is 2.39. The number of amides is 3. The van der Waals surface area contributed by atoms with Crippen LogP contribution in [0.4, 0.5) is 0 Å². The highest BCUT2D eigenvalue weighted by Crippen LogP contribution is 2.28.